The molecule has 1 aliphatic rings. The maximum atomic E-state index is 3.70. The number of nitrogens with zero attached hydrogens (tertiary/aromatic N) is 1. The molecule has 0 radical (unpaired) electrons. The predicted octanol–water partition coefficient (Wildman–Crippen LogP) is 3.42. The first-order valence-corrected chi connectivity index (χ1v) is 7.71. The average Bonchev–Trinajstić information content (AvgIpc) is 2.37. The fourth-order valence-corrected chi connectivity index (χ4v) is 2.97. The highest BCUT2D eigenvalue weighted by atomic mass is 15.2. The fraction of sp³-hybridized carbons (Fsp3) is 1.00. The van der Waals surface area contributed by atoms with E-state index in [2.05, 4.69) is 31.1 Å². The third-order valence-electron chi connectivity index (χ3n) is 4.03. The number of hydrogen-bond donors (Lipinski definition) is 1. The van der Waals surface area contributed by atoms with E-state index in [1.165, 1.54) is 64.5 Å². The van der Waals surface area contributed by atoms with E-state index in [1.54, 1.807) is 0 Å². The van der Waals surface area contributed by atoms with Crippen molar-refractivity contribution < 1.29 is 0 Å². The average molecular weight is 240 g/mol. The molecule has 0 aromatic rings. The van der Waals surface area contributed by atoms with Crippen molar-refractivity contribution in [3.8, 4) is 0 Å². The summed E-state index contributed by atoms with van der Waals surface area (Å²) in [5, 5.41) is 3.70. The van der Waals surface area contributed by atoms with Crippen LogP contribution in [0.15, 0.2) is 0 Å². The van der Waals surface area contributed by atoms with Gasteiger partial charge in [0.05, 0.1) is 0 Å². The van der Waals surface area contributed by atoms with E-state index in [1.807, 2.05) is 0 Å². The molecule has 0 aromatic heterocycles. The van der Waals surface area contributed by atoms with Crippen LogP contribution < -0.4 is 5.32 Å². The number of hydrogen-bond acceptors (Lipinski definition) is 2. The predicted molar refractivity (Wildman–Crippen MR) is 76.5 cm³/mol. The van der Waals surface area contributed by atoms with Crippen molar-refractivity contribution in [2.45, 2.75) is 77.3 Å². The van der Waals surface area contributed by atoms with Gasteiger partial charge < -0.3 is 10.2 Å². The third kappa shape index (κ3) is 5.87. The van der Waals surface area contributed by atoms with Gasteiger partial charge in [0.1, 0.15) is 0 Å². The highest BCUT2D eigenvalue weighted by molar-refractivity contribution is 4.78. The van der Waals surface area contributed by atoms with Crippen LogP contribution in [0.3, 0.4) is 0 Å². The topological polar surface area (TPSA) is 15.3 Å². The van der Waals surface area contributed by atoms with Crippen LogP contribution in [0.1, 0.15) is 65.2 Å². The van der Waals surface area contributed by atoms with Gasteiger partial charge in [-0.05, 0) is 39.3 Å². The Morgan fingerprint density at radius 1 is 1.12 bits per heavy atom. The van der Waals surface area contributed by atoms with Gasteiger partial charge >= 0.3 is 0 Å². The summed E-state index contributed by atoms with van der Waals surface area (Å²) in [6.07, 6.45) is 11.0. The van der Waals surface area contributed by atoms with Crippen molar-refractivity contribution in [2.75, 3.05) is 20.1 Å². The Morgan fingerprint density at radius 3 is 2.41 bits per heavy atom. The van der Waals surface area contributed by atoms with Gasteiger partial charge in [0.2, 0.25) is 0 Å². The first-order chi connectivity index (χ1) is 8.27. The summed E-state index contributed by atoms with van der Waals surface area (Å²) in [6, 6.07) is 1.55. The maximum Gasteiger partial charge on any atom is 0.0194 e. The Morgan fingerprint density at radius 2 is 1.82 bits per heavy atom. The van der Waals surface area contributed by atoms with Gasteiger partial charge in [0.15, 0.2) is 0 Å². The Labute approximate surface area is 108 Å². The number of likely N-dealkylation sites (N-methyl/N-ethyl adjacent to an activating group) is 1. The molecule has 0 aliphatic heterocycles. The monoisotopic (exact) mass is 240 g/mol. The van der Waals surface area contributed by atoms with Crippen LogP contribution in [0.4, 0.5) is 0 Å². The van der Waals surface area contributed by atoms with Gasteiger partial charge in [0, 0.05) is 18.6 Å². The Bertz CT molecular complexity index is 176. The molecule has 0 heterocycles. The Kier molecular flexibility index (Phi) is 7.87. The lowest BCUT2D eigenvalue weighted by molar-refractivity contribution is 0.171. The molecule has 1 rings (SSSR count). The van der Waals surface area contributed by atoms with Gasteiger partial charge in [-0.2, -0.15) is 0 Å². The van der Waals surface area contributed by atoms with Crippen LogP contribution in [-0.4, -0.2) is 37.1 Å². The quantitative estimate of drug-likeness (QED) is 0.699. The van der Waals surface area contributed by atoms with Crippen molar-refractivity contribution in [1.29, 1.82) is 0 Å². The van der Waals surface area contributed by atoms with Gasteiger partial charge in [-0.3, -0.25) is 0 Å². The minimum Gasteiger partial charge on any atom is -0.313 e. The molecule has 102 valence electrons. The van der Waals surface area contributed by atoms with Crippen LogP contribution >= 0.6 is 0 Å². The largest absolute Gasteiger partial charge is 0.313 e. The summed E-state index contributed by atoms with van der Waals surface area (Å²) >= 11 is 0. The zero-order valence-electron chi connectivity index (χ0n) is 12.2. The van der Waals surface area contributed by atoms with Crippen molar-refractivity contribution in [3.05, 3.63) is 0 Å². The van der Waals surface area contributed by atoms with E-state index in [0.717, 1.165) is 6.04 Å². The molecule has 0 bridgehead atoms. The molecule has 17 heavy (non-hydrogen) atoms. The summed E-state index contributed by atoms with van der Waals surface area (Å²) in [7, 11) is 2.33. The van der Waals surface area contributed by atoms with E-state index in [0.29, 0.717) is 6.04 Å². The Hall–Kier alpha value is -0.0800. The fourth-order valence-electron chi connectivity index (χ4n) is 2.97. The Balaban J connectivity index is 2.30. The summed E-state index contributed by atoms with van der Waals surface area (Å²) < 4.78 is 0. The maximum absolute atomic E-state index is 3.70. The molecule has 2 heteroatoms. The van der Waals surface area contributed by atoms with Gasteiger partial charge in [-0.25, -0.2) is 0 Å². The van der Waals surface area contributed by atoms with Crippen LogP contribution in [0.2, 0.25) is 0 Å². The molecule has 1 N–H and O–H groups in total. The lowest BCUT2D eigenvalue weighted by Crippen LogP contribution is -2.44. The van der Waals surface area contributed by atoms with E-state index >= 15 is 0 Å². The molecule has 0 spiro atoms. The molecule has 1 fully saturated rings. The second-order valence-electron chi connectivity index (χ2n) is 5.67. The van der Waals surface area contributed by atoms with Crippen LogP contribution in [0.25, 0.3) is 0 Å². The summed E-state index contributed by atoms with van der Waals surface area (Å²) in [6.45, 7) is 6.95. The molecule has 0 amide bonds. The molecule has 1 unspecified atom stereocenters. The first kappa shape index (κ1) is 15.0. The third-order valence-corrected chi connectivity index (χ3v) is 4.03. The first-order valence-electron chi connectivity index (χ1n) is 7.71. The molecule has 0 aromatic carbocycles. The minimum absolute atomic E-state index is 0.701. The summed E-state index contributed by atoms with van der Waals surface area (Å²) in [5.74, 6) is 0. The zero-order chi connectivity index (χ0) is 12.5. The molecule has 1 aliphatic carbocycles. The highest BCUT2D eigenvalue weighted by Crippen LogP contribution is 2.21. The van der Waals surface area contributed by atoms with Crippen molar-refractivity contribution in [2.24, 2.45) is 0 Å². The van der Waals surface area contributed by atoms with Gasteiger partial charge in [-0.15, -0.1) is 0 Å². The number of nitrogens with one attached hydrogen (secondary N) is 1. The molecule has 0 saturated heterocycles. The lowest BCUT2D eigenvalue weighted by atomic mass is 9.94. The van der Waals surface area contributed by atoms with Crippen LogP contribution in [-0.2, 0) is 0 Å². The second kappa shape index (κ2) is 8.93. The smallest absolute Gasteiger partial charge is 0.0194 e. The van der Waals surface area contributed by atoms with E-state index < -0.39 is 0 Å². The normalized spacial score (nSPS) is 19.8. The van der Waals surface area contributed by atoms with Gasteiger partial charge in [-0.1, -0.05) is 39.5 Å². The standard InChI is InChI=1S/C15H32N2/c1-4-9-14(16-12-5-2)13-17(3)15-10-7-6-8-11-15/h14-16H,4-13H2,1-3H3. The summed E-state index contributed by atoms with van der Waals surface area (Å²) in [4.78, 5) is 2.61. The van der Waals surface area contributed by atoms with E-state index in [-0.39, 0.29) is 0 Å². The lowest BCUT2D eigenvalue weighted by Gasteiger charge is -2.34. The molecule has 1 saturated carbocycles. The van der Waals surface area contributed by atoms with E-state index in [4.69, 9.17) is 0 Å². The van der Waals surface area contributed by atoms with Crippen molar-refractivity contribution in [1.82, 2.24) is 10.2 Å². The molecular formula is C15H32N2. The highest BCUT2D eigenvalue weighted by Gasteiger charge is 2.20. The second-order valence-corrected chi connectivity index (χ2v) is 5.67. The molecule has 2 nitrogen and oxygen atoms in total. The van der Waals surface area contributed by atoms with Crippen molar-refractivity contribution in [3.63, 3.8) is 0 Å². The van der Waals surface area contributed by atoms with Gasteiger partial charge in [0.25, 0.3) is 0 Å². The number of rotatable bonds is 8. The van der Waals surface area contributed by atoms with Crippen LogP contribution in [0, 0.1) is 0 Å². The van der Waals surface area contributed by atoms with E-state index in [9.17, 15) is 0 Å². The summed E-state index contributed by atoms with van der Waals surface area (Å²) in [5.41, 5.74) is 0. The minimum atomic E-state index is 0.701. The molecular weight excluding hydrogens is 208 g/mol. The van der Waals surface area contributed by atoms with Crippen molar-refractivity contribution >= 4 is 0 Å². The SMILES string of the molecule is CCCNC(CCC)CN(C)C1CCCCC1. The van der Waals surface area contributed by atoms with Crippen LogP contribution in [0.5, 0.6) is 0 Å². The molecule has 1 atom stereocenters. The zero-order valence-corrected chi connectivity index (χ0v) is 12.2.